The molecule has 2 aromatic rings. The largest absolute Gasteiger partial charge is 0.508 e. The molecule has 1 saturated heterocycles. The fraction of sp³-hybridized carbons (Fsp3) is 0.478. The highest BCUT2D eigenvalue weighted by molar-refractivity contribution is 5.35. The monoisotopic (exact) mass is 369 g/mol. The van der Waals surface area contributed by atoms with Crippen molar-refractivity contribution >= 4 is 0 Å². The van der Waals surface area contributed by atoms with Crippen molar-refractivity contribution in [2.24, 2.45) is 0 Å². The first-order valence-electron chi connectivity index (χ1n) is 9.78. The van der Waals surface area contributed by atoms with Crippen LogP contribution in [0.5, 0.6) is 11.5 Å². The minimum absolute atomic E-state index is 0.318. The summed E-state index contributed by atoms with van der Waals surface area (Å²) in [4.78, 5) is 2.31. The van der Waals surface area contributed by atoms with Gasteiger partial charge in [0.15, 0.2) is 0 Å². The second-order valence-corrected chi connectivity index (χ2v) is 8.02. The molecule has 0 amide bonds. The molecule has 2 N–H and O–H groups in total. The Balaban J connectivity index is 1.58. The molecule has 4 heteroatoms. The number of rotatable bonds is 5. The molecule has 146 valence electrons. The van der Waals surface area contributed by atoms with Crippen molar-refractivity contribution in [3.8, 4) is 11.5 Å². The number of hydrogen-bond acceptors (Lipinski definition) is 4. The highest BCUT2D eigenvalue weighted by Crippen LogP contribution is 2.27. The first-order chi connectivity index (χ1) is 12.8. The lowest BCUT2D eigenvalue weighted by atomic mass is 9.96. The Hall–Kier alpha value is -2.04. The Labute approximate surface area is 162 Å². The number of hydrogen-bond donors (Lipinski definition) is 2. The molecule has 3 rings (SSSR count). The molecule has 4 nitrogen and oxygen atoms in total. The van der Waals surface area contributed by atoms with E-state index in [9.17, 15) is 10.2 Å². The van der Waals surface area contributed by atoms with E-state index in [0.717, 1.165) is 42.8 Å². The Kier molecular flexibility index (Phi) is 6.08. The summed E-state index contributed by atoms with van der Waals surface area (Å²) in [5.41, 5.74) is 3.74. The van der Waals surface area contributed by atoms with Crippen molar-refractivity contribution in [3.63, 3.8) is 0 Å². The molecule has 1 atom stereocenters. The molecular formula is C23H31NO3. The second kappa shape index (κ2) is 8.32. The smallest absolute Gasteiger partial charge is 0.120 e. The average Bonchev–Trinajstić information content (AvgIpc) is 2.81. The number of aromatic hydroxyl groups is 1. The van der Waals surface area contributed by atoms with Crippen molar-refractivity contribution in [2.45, 2.75) is 52.2 Å². The Morgan fingerprint density at radius 3 is 2.59 bits per heavy atom. The molecule has 0 aromatic heterocycles. The van der Waals surface area contributed by atoms with Crippen LogP contribution in [-0.4, -0.2) is 40.4 Å². The number of benzene rings is 2. The lowest BCUT2D eigenvalue weighted by Crippen LogP contribution is -2.37. The van der Waals surface area contributed by atoms with Crippen molar-refractivity contribution in [1.29, 1.82) is 0 Å². The third kappa shape index (κ3) is 5.24. The molecule has 0 radical (unpaired) electrons. The minimum Gasteiger partial charge on any atom is -0.508 e. The quantitative estimate of drug-likeness (QED) is 0.833. The first kappa shape index (κ1) is 19.7. The van der Waals surface area contributed by atoms with E-state index in [2.05, 4.69) is 24.8 Å². The second-order valence-electron chi connectivity index (χ2n) is 8.02. The maximum absolute atomic E-state index is 11.0. The fourth-order valence-corrected chi connectivity index (χ4v) is 3.64. The van der Waals surface area contributed by atoms with Gasteiger partial charge in [-0.3, -0.25) is 4.90 Å². The number of phenols is 1. The van der Waals surface area contributed by atoms with Gasteiger partial charge in [0.2, 0.25) is 0 Å². The normalized spacial score (nSPS) is 21.0. The van der Waals surface area contributed by atoms with Crippen molar-refractivity contribution in [2.75, 3.05) is 19.7 Å². The molecular weight excluding hydrogens is 338 g/mol. The van der Waals surface area contributed by atoms with E-state index in [1.807, 2.05) is 31.2 Å². The fourth-order valence-electron chi connectivity index (χ4n) is 3.64. The van der Waals surface area contributed by atoms with E-state index in [1.165, 1.54) is 11.1 Å². The third-order valence-corrected chi connectivity index (χ3v) is 5.62. The summed E-state index contributed by atoms with van der Waals surface area (Å²) in [7, 11) is 0. The SMILES string of the molecule is Cc1ccc(O)c(CN2CCCC(O)(COc3ccc(C)c(C)c3)CC2)c1. The van der Waals surface area contributed by atoms with Crippen LogP contribution in [0, 0.1) is 20.8 Å². The lowest BCUT2D eigenvalue weighted by molar-refractivity contribution is -0.0168. The summed E-state index contributed by atoms with van der Waals surface area (Å²) in [5.74, 6) is 1.16. The molecule has 0 bridgehead atoms. The Bertz CT molecular complexity index is 789. The van der Waals surface area contributed by atoms with Gasteiger partial charge in [0.1, 0.15) is 18.1 Å². The lowest BCUT2D eigenvalue weighted by Gasteiger charge is -2.27. The molecule has 1 heterocycles. The van der Waals surface area contributed by atoms with E-state index in [1.54, 1.807) is 6.07 Å². The van der Waals surface area contributed by atoms with Gasteiger partial charge in [-0.2, -0.15) is 0 Å². The number of aryl methyl sites for hydroxylation is 3. The van der Waals surface area contributed by atoms with Gasteiger partial charge in [0.05, 0.1) is 5.60 Å². The van der Waals surface area contributed by atoms with E-state index >= 15 is 0 Å². The molecule has 27 heavy (non-hydrogen) atoms. The molecule has 1 aliphatic rings. The topological polar surface area (TPSA) is 52.9 Å². The number of likely N-dealkylation sites (tertiary alicyclic amines) is 1. The Morgan fingerprint density at radius 2 is 1.81 bits per heavy atom. The maximum Gasteiger partial charge on any atom is 0.120 e. The summed E-state index contributed by atoms with van der Waals surface area (Å²) >= 11 is 0. The summed E-state index contributed by atoms with van der Waals surface area (Å²) < 4.78 is 5.92. The van der Waals surface area contributed by atoms with Crippen LogP contribution < -0.4 is 4.74 Å². The summed E-state index contributed by atoms with van der Waals surface area (Å²) in [6.45, 7) is 8.92. The highest BCUT2D eigenvalue weighted by atomic mass is 16.5. The molecule has 1 fully saturated rings. The molecule has 1 aliphatic heterocycles. The van der Waals surface area contributed by atoms with Crippen LogP contribution in [0.1, 0.15) is 41.5 Å². The van der Waals surface area contributed by atoms with E-state index in [4.69, 9.17) is 4.74 Å². The van der Waals surface area contributed by atoms with Gasteiger partial charge in [0, 0.05) is 18.7 Å². The van der Waals surface area contributed by atoms with Gasteiger partial charge in [-0.15, -0.1) is 0 Å². The minimum atomic E-state index is -0.803. The molecule has 1 unspecified atom stereocenters. The van der Waals surface area contributed by atoms with Gasteiger partial charge in [-0.05, 0) is 75.9 Å². The van der Waals surface area contributed by atoms with Gasteiger partial charge in [-0.1, -0.05) is 23.8 Å². The van der Waals surface area contributed by atoms with Gasteiger partial charge < -0.3 is 14.9 Å². The van der Waals surface area contributed by atoms with Crippen LogP contribution in [0.2, 0.25) is 0 Å². The number of aliphatic hydroxyl groups is 1. The number of nitrogens with zero attached hydrogens (tertiary/aromatic N) is 1. The molecule has 0 spiro atoms. The third-order valence-electron chi connectivity index (χ3n) is 5.62. The molecule has 0 aliphatic carbocycles. The first-order valence-corrected chi connectivity index (χ1v) is 9.78. The van der Waals surface area contributed by atoms with Gasteiger partial charge >= 0.3 is 0 Å². The van der Waals surface area contributed by atoms with Crippen molar-refractivity contribution < 1.29 is 14.9 Å². The molecule has 2 aromatic carbocycles. The summed E-state index contributed by atoms with van der Waals surface area (Å²) in [6.07, 6.45) is 2.32. The van der Waals surface area contributed by atoms with Crippen LogP contribution in [0.15, 0.2) is 36.4 Å². The molecule has 0 saturated carbocycles. The van der Waals surface area contributed by atoms with Gasteiger partial charge in [0.25, 0.3) is 0 Å². The summed E-state index contributed by atoms with van der Waals surface area (Å²) in [6, 6.07) is 11.8. The van der Waals surface area contributed by atoms with Crippen LogP contribution >= 0.6 is 0 Å². The number of phenolic OH excluding ortho intramolecular Hbond substituents is 1. The number of ether oxygens (including phenoxy) is 1. The predicted molar refractivity (Wildman–Crippen MR) is 108 cm³/mol. The van der Waals surface area contributed by atoms with E-state index in [0.29, 0.717) is 25.3 Å². The van der Waals surface area contributed by atoms with E-state index < -0.39 is 5.60 Å². The van der Waals surface area contributed by atoms with Crippen molar-refractivity contribution in [3.05, 3.63) is 58.7 Å². The summed E-state index contributed by atoms with van der Waals surface area (Å²) in [5, 5.41) is 21.1. The van der Waals surface area contributed by atoms with Crippen LogP contribution in [0.4, 0.5) is 0 Å². The van der Waals surface area contributed by atoms with E-state index in [-0.39, 0.29) is 0 Å². The standard InChI is InChI=1S/C23H31NO3/c1-17-5-8-22(25)20(13-17)15-24-11-4-9-23(26,10-12-24)16-27-21-7-6-18(2)19(3)14-21/h5-8,13-14,25-26H,4,9-12,15-16H2,1-3H3. The highest BCUT2D eigenvalue weighted by Gasteiger charge is 2.31. The van der Waals surface area contributed by atoms with Crippen LogP contribution in [0.3, 0.4) is 0 Å². The van der Waals surface area contributed by atoms with Gasteiger partial charge in [-0.25, -0.2) is 0 Å². The van der Waals surface area contributed by atoms with Crippen LogP contribution in [0.25, 0.3) is 0 Å². The maximum atomic E-state index is 11.0. The Morgan fingerprint density at radius 1 is 1.00 bits per heavy atom. The van der Waals surface area contributed by atoms with Crippen molar-refractivity contribution in [1.82, 2.24) is 4.90 Å². The zero-order chi connectivity index (χ0) is 19.4. The zero-order valence-electron chi connectivity index (χ0n) is 16.7. The average molecular weight is 370 g/mol. The zero-order valence-corrected chi connectivity index (χ0v) is 16.7. The predicted octanol–water partition coefficient (Wildman–Crippen LogP) is 4.11. The van der Waals surface area contributed by atoms with Crippen LogP contribution in [-0.2, 0) is 6.54 Å².